The maximum atomic E-state index is 13.1. The molecule has 2 aliphatic rings. The summed E-state index contributed by atoms with van der Waals surface area (Å²) in [5, 5.41) is 2.95. The Kier molecular flexibility index (Phi) is 8.20. The molecule has 32 heavy (non-hydrogen) atoms. The first kappa shape index (κ1) is 23.7. The Hall–Kier alpha value is -2.96. The van der Waals surface area contributed by atoms with E-state index < -0.39 is 5.97 Å². The summed E-state index contributed by atoms with van der Waals surface area (Å²) in [5.41, 5.74) is 5.08. The fourth-order valence-electron chi connectivity index (χ4n) is 4.05. The maximum Gasteiger partial charge on any atom is 0.311 e. The van der Waals surface area contributed by atoms with Gasteiger partial charge >= 0.3 is 5.97 Å². The van der Waals surface area contributed by atoms with Gasteiger partial charge in [-0.3, -0.25) is 19.4 Å². The van der Waals surface area contributed by atoms with Crippen LogP contribution in [0.2, 0.25) is 0 Å². The number of amides is 2. The van der Waals surface area contributed by atoms with Crippen LogP contribution in [0.5, 0.6) is 0 Å². The molecule has 0 unspecified atom stereocenters. The second-order valence-electron chi connectivity index (χ2n) is 8.45. The third kappa shape index (κ3) is 6.28. The van der Waals surface area contributed by atoms with Gasteiger partial charge in [0.25, 0.3) is 0 Å². The van der Waals surface area contributed by atoms with Gasteiger partial charge in [0.2, 0.25) is 11.8 Å². The topological polar surface area (TPSA) is 88.1 Å². The average molecular weight is 440 g/mol. The molecule has 1 aromatic rings. The lowest BCUT2D eigenvalue weighted by molar-refractivity contribution is -0.141. The highest BCUT2D eigenvalue weighted by molar-refractivity contribution is 6.16. The van der Waals surface area contributed by atoms with Crippen molar-refractivity contribution in [3.8, 4) is 0 Å². The molecule has 1 heterocycles. The van der Waals surface area contributed by atoms with Crippen LogP contribution in [0.25, 0.3) is 0 Å². The number of allylic oxidation sites excluding steroid dienone is 1. The second-order valence-corrected chi connectivity index (χ2v) is 8.45. The van der Waals surface area contributed by atoms with Crippen LogP contribution < -0.4 is 10.2 Å². The lowest BCUT2D eigenvalue weighted by atomic mass is 9.97. The molecule has 0 saturated heterocycles. The summed E-state index contributed by atoms with van der Waals surface area (Å²) >= 11 is 0. The summed E-state index contributed by atoms with van der Waals surface area (Å²) < 4.78 is 5.02. The van der Waals surface area contributed by atoms with E-state index in [1.54, 1.807) is 6.92 Å². The number of anilines is 1. The molecule has 1 aliphatic carbocycles. The van der Waals surface area contributed by atoms with Crippen LogP contribution in [0.4, 0.5) is 11.4 Å². The molecule has 0 fully saturated rings. The molecule has 3 rings (SSSR count). The Morgan fingerprint density at radius 2 is 1.97 bits per heavy atom. The van der Waals surface area contributed by atoms with Gasteiger partial charge in [-0.2, -0.15) is 0 Å². The largest absolute Gasteiger partial charge is 0.466 e. The summed E-state index contributed by atoms with van der Waals surface area (Å²) in [6.45, 7) is 6.44. The van der Waals surface area contributed by atoms with Gasteiger partial charge in [-0.25, -0.2) is 0 Å². The molecule has 0 aromatic heterocycles. The Labute approximate surface area is 189 Å². The van der Waals surface area contributed by atoms with E-state index in [0.29, 0.717) is 23.6 Å². The van der Waals surface area contributed by atoms with Gasteiger partial charge in [0.05, 0.1) is 30.8 Å². The number of nitrogens with one attached hydrogen (secondary N) is 1. The normalized spacial score (nSPS) is 16.0. The zero-order valence-electron chi connectivity index (χ0n) is 19.3. The van der Waals surface area contributed by atoms with Gasteiger partial charge in [-0.05, 0) is 76.1 Å². The van der Waals surface area contributed by atoms with E-state index >= 15 is 0 Å². The molecule has 0 radical (unpaired) electrons. The summed E-state index contributed by atoms with van der Waals surface area (Å²) in [7, 11) is 0. The van der Waals surface area contributed by atoms with Crippen LogP contribution in [-0.4, -0.2) is 43.2 Å². The summed E-state index contributed by atoms with van der Waals surface area (Å²) in [4.78, 5) is 43.8. The number of aryl methyl sites for hydroxylation is 2. The molecule has 0 saturated carbocycles. The lowest BCUT2D eigenvalue weighted by Crippen LogP contribution is -2.41. The molecule has 7 heteroatoms. The standard InChI is InChI=1S/C25H33N3O4/c1-4-32-25(31)15-20-14-24(30)28(22-13-18(3)17(2)12-21(22)27-20)16-23(29)26-11-10-19-8-6-5-7-9-19/h8,12-13H,4-7,9-11,14-16H2,1-3H3,(H,26,29). The van der Waals surface area contributed by atoms with Crippen molar-refractivity contribution in [1.82, 2.24) is 5.32 Å². The number of hydrogen-bond donors (Lipinski definition) is 1. The van der Waals surface area contributed by atoms with E-state index in [9.17, 15) is 14.4 Å². The van der Waals surface area contributed by atoms with Crippen molar-refractivity contribution in [3.05, 3.63) is 34.9 Å². The highest BCUT2D eigenvalue weighted by atomic mass is 16.5. The molecule has 0 spiro atoms. The maximum absolute atomic E-state index is 13.1. The minimum atomic E-state index is -0.410. The van der Waals surface area contributed by atoms with Crippen LogP contribution in [0.15, 0.2) is 28.8 Å². The second kappa shape index (κ2) is 11.1. The van der Waals surface area contributed by atoms with Crippen molar-refractivity contribution < 1.29 is 19.1 Å². The number of esters is 1. The number of aliphatic imine (C=N–C) groups is 1. The first-order valence-electron chi connectivity index (χ1n) is 11.5. The highest BCUT2D eigenvalue weighted by Crippen LogP contribution is 2.35. The molecule has 1 aliphatic heterocycles. The molecular formula is C25H33N3O4. The Balaban J connectivity index is 1.73. The summed E-state index contributed by atoms with van der Waals surface area (Å²) in [6.07, 6.45) is 7.74. The van der Waals surface area contributed by atoms with Crippen LogP contribution in [-0.2, 0) is 19.1 Å². The molecule has 0 bridgehead atoms. The Morgan fingerprint density at radius 3 is 2.69 bits per heavy atom. The SMILES string of the molecule is CCOC(=O)CC1=Nc2cc(C)c(C)cc2N(CC(=O)NCCC2=CCCCC2)C(=O)C1. The number of hydrogen-bond acceptors (Lipinski definition) is 5. The van der Waals surface area contributed by atoms with Gasteiger partial charge in [-0.1, -0.05) is 11.6 Å². The fraction of sp³-hybridized carbons (Fsp3) is 0.520. The molecule has 7 nitrogen and oxygen atoms in total. The van der Waals surface area contributed by atoms with Crippen molar-refractivity contribution in [3.63, 3.8) is 0 Å². The van der Waals surface area contributed by atoms with E-state index in [1.165, 1.54) is 23.3 Å². The highest BCUT2D eigenvalue weighted by Gasteiger charge is 2.27. The summed E-state index contributed by atoms with van der Waals surface area (Å²) in [6, 6.07) is 3.79. The number of ether oxygens (including phenoxy) is 1. The number of rotatable bonds is 8. The van der Waals surface area contributed by atoms with Crippen molar-refractivity contribution >= 4 is 34.9 Å². The fourth-order valence-corrected chi connectivity index (χ4v) is 4.05. The number of fused-ring (bicyclic) bond motifs is 1. The van der Waals surface area contributed by atoms with Crippen molar-refractivity contribution in [2.45, 2.75) is 65.7 Å². The van der Waals surface area contributed by atoms with E-state index in [1.807, 2.05) is 26.0 Å². The number of carbonyl (C=O) groups excluding carboxylic acids is 3. The zero-order valence-corrected chi connectivity index (χ0v) is 19.3. The molecule has 172 valence electrons. The first-order valence-corrected chi connectivity index (χ1v) is 11.5. The monoisotopic (exact) mass is 439 g/mol. The first-order chi connectivity index (χ1) is 15.4. The van der Waals surface area contributed by atoms with Crippen LogP contribution in [0.3, 0.4) is 0 Å². The van der Waals surface area contributed by atoms with Crippen molar-refractivity contribution in [2.75, 3.05) is 24.6 Å². The predicted octanol–water partition coefficient (Wildman–Crippen LogP) is 4.07. The number of benzene rings is 1. The van der Waals surface area contributed by atoms with Crippen LogP contribution in [0.1, 0.15) is 63.0 Å². The molecule has 1 aromatic carbocycles. The third-order valence-corrected chi connectivity index (χ3v) is 5.93. The van der Waals surface area contributed by atoms with Crippen LogP contribution in [0, 0.1) is 13.8 Å². The van der Waals surface area contributed by atoms with Gasteiger partial charge in [0.15, 0.2) is 0 Å². The average Bonchev–Trinajstić information content (AvgIpc) is 2.86. The third-order valence-electron chi connectivity index (χ3n) is 5.93. The van der Waals surface area contributed by atoms with Gasteiger partial charge < -0.3 is 15.0 Å². The smallest absolute Gasteiger partial charge is 0.311 e. The Morgan fingerprint density at radius 1 is 1.19 bits per heavy atom. The van der Waals surface area contributed by atoms with Crippen molar-refractivity contribution in [2.24, 2.45) is 4.99 Å². The van der Waals surface area contributed by atoms with E-state index in [4.69, 9.17) is 4.74 Å². The molecular weight excluding hydrogens is 406 g/mol. The van der Waals surface area contributed by atoms with Crippen molar-refractivity contribution in [1.29, 1.82) is 0 Å². The van der Waals surface area contributed by atoms with Gasteiger partial charge in [0.1, 0.15) is 6.54 Å². The number of carbonyl (C=O) groups is 3. The zero-order chi connectivity index (χ0) is 23.1. The minimum Gasteiger partial charge on any atom is -0.466 e. The lowest BCUT2D eigenvalue weighted by Gasteiger charge is -2.23. The van der Waals surface area contributed by atoms with E-state index in [-0.39, 0.29) is 37.8 Å². The molecule has 0 atom stereocenters. The molecule has 1 N–H and O–H groups in total. The quantitative estimate of drug-likeness (QED) is 0.488. The Bertz CT molecular complexity index is 949. The minimum absolute atomic E-state index is 0.0221. The van der Waals surface area contributed by atoms with E-state index in [2.05, 4.69) is 16.4 Å². The molecule has 2 amide bonds. The predicted molar refractivity (Wildman–Crippen MR) is 125 cm³/mol. The van der Waals surface area contributed by atoms with Gasteiger partial charge in [-0.15, -0.1) is 0 Å². The van der Waals surface area contributed by atoms with E-state index in [0.717, 1.165) is 30.4 Å². The summed E-state index contributed by atoms with van der Waals surface area (Å²) in [5.74, 6) is -0.861. The number of nitrogens with zero attached hydrogens (tertiary/aromatic N) is 2. The van der Waals surface area contributed by atoms with Gasteiger partial charge in [0, 0.05) is 12.3 Å². The van der Waals surface area contributed by atoms with Crippen LogP contribution >= 0.6 is 0 Å².